The van der Waals surface area contributed by atoms with Crippen LogP contribution >= 0.6 is 0 Å². The zero-order valence-electron chi connectivity index (χ0n) is 10.2. The van der Waals surface area contributed by atoms with Crippen molar-refractivity contribution in [3.8, 4) is 0 Å². The van der Waals surface area contributed by atoms with Gasteiger partial charge in [-0.25, -0.2) is 4.39 Å². The van der Waals surface area contributed by atoms with Crippen LogP contribution in [0.2, 0.25) is 0 Å². The molecule has 2 aromatic carbocycles. The first-order valence-electron chi connectivity index (χ1n) is 5.34. The molecule has 0 amide bonds. The topological polar surface area (TPSA) is 80.4 Å². The lowest BCUT2D eigenvalue weighted by molar-refractivity contribution is 0.483. The van der Waals surface area contributed by atoms with E-state index in [9.17, 15) is 12.8 Å². The van der Waals surface area contributed by atoms with Gasteiger partial charge in [0.2, 0.25) is 0 Å². The summed E-state index contributed by atoms with van der Waals surface area (Å²) in [5.74, 6) is -0.251. The van der Waals surface area contributed by atoms with E-state index in [0.29, 0.717) is 5.69 Å². The van der Waals surface area contributed by atoms with E-state index in [0.717, 1.165) is 5.56 Å². The fraction of sp³-hybridized carbons (Fsp3) is 0.0769. The Bertz CT molecular complexity index is 601. The van der Waals surface area contributed by atoms with Crippen LogP contribution in [0, 0.1) is 12.7 Å². The van der Waals surface area contributed by atoms with E-state index < -0.39 is 10.1 Å². The van der Waals surface area contributed by atoms with E-state index in [1.165, 1.54) is 36.4 Å². The number of nitrogen functional groups attached to an aromatic ring is 1. The van der Waals surface area contributed by atoms with Crippen LogP contribution in [-0.2, 0) is 10.1 Å². The van der Waals surface area contributed by atoms with Crippen molar-refractivity contribution in [2.24, 2.45) is 0 Å². The highest BCUT2D eigenvalue weighted by atomic mass is 32.2. The fourth-order valence-electron chi connectivity index (χ4n) is 1.17. The Kier molecular flexibility index (Phi) is 5.02. The molecule has 0 unspecified atom stereocenters. The molecule has 4 nitrogen and oxygen atoms in total. The Morgan fingerprint density at radius 1 is 1.00 bits per heavy atom. The summed E-state index contributed by atoms with van der Waals surface area (Å²) in [5.41, 5.74) is 6.81. The van der Waals surface area contributed by atoms with Crippen molar-refractivity contribution >= 4 is 15.8 Å². The second-order valence-corrected chi connectivity index (χ2v) is 5.26. The molecule has 0 bridgehead atoms. The molecule has 0 heterocycles. The summed E-state index contributed by atoms with van der Waals surface area (Å²) in [5, 5.41) is 0. The molecule has 0 saturated heterocycles. The quantitative estimate of drug-likeness (QED) is 0.623. The summed E-state index contributed by atoms with van der Waals surface area (Å²) in [7, 11) is -4.02. The maximum Gasteiger partial charge on any atom is 0.294 e. The van der Waals surface area contributed by atoms with Crippen LogP contribution in [-0.4, -0.2) is 13.0 Å². The highest BCUT2D eigenvalue weighted by Crippen LogP contribution is 2.08. The Hall–Kier alpha value is -1.92. The number of anilines is 1. The SMILES string of the molecule is Cc1ccc(S(=O)(=O)O)cc1.Nc1ccc(F)cc1. The molecule has 2 rings (SSSR count). The first-order valence-corrected chi connectivity index (χ1v) is 6.78. The van der Waals surface area contributed by atoms with Gasteiger partial charge in [0.05, 0.1) is 4.90 Å². The number of rotatable bonds is 1. The minimum atomic E-state index is -4.02. The normalized spacial score (nSPS) is 10.5. The molecule has 0 saturated carbocycles. The molecule has 0 radical (unpaired) electrons. The second-order valence-electron chi connectivity index (χ2n) is 3.84. The monoisotopic (exact) mass is 283 g/mol. The van der Waals surface area contributed by atoms with E-state index in [2.05, 4.69) is 0 Å². The first-order chi connectivity index (χ1) is 8.79. The van der Waals surface area contributed by atoms with Crippen LogP contribution < -0.4 is 5.73 Å². The van der Waals surface area contributed by atoms with Crippen molar-refractivity contribution in [1.82, 2.24) is 0 Å². The van der Waals surface area contributed by atoms with Gasteiger partial charge in [-0.05, 0) is 43.3 Å². The van der Waals surface area contributed by atoms with Gasteiger partial charge in [0.25, 0.3) is 10.1 Å². The minimum absolute atomic E-state index is 0.0666. The fourth-order valence-corrected chi connectivity index (χ4v) is 1.65. The number of nitrogens with two attached hydrogens (primary N) is 1. The molecule has 19 heavy (non-hydrogen) atoms. The van der Waals surface area contributed by atoms with Crippen LogP contribution in [0.25, 0.3) is 0 Å². The van der Waals surface area contributed by atoms with Gasteiger partial charge >= 0.3 is 0 Å². The van der Waals surface area contributed by atoms with Crippen LogP contribution in [0.15, 0.2) is 53.4 Å². The number of hydrogen-bond donors (Lipinski definition) is 2. The number of benzene rings is 2. The van der Waals surface area contributed by atoms with Gasteiger partial charge in [-0.1, -0.05) is 17.7 Å². The van der Waals surface area contributed by atoms with Gasteiger partial charge in [-0.2, -0.15) is 8.42 Å². The van der Waals surface area contributed by atoms with Crippen molar-refractivity contribution < 1.29 is 17.4 Å². The molecule has 2 aromatic rings. The highest BCUT2D eigenvalue weighted by molar-refractivity contribution is 7.85. The largest absolute Gasteiger partial charge is 0.399 e. The summed E-state index contributed by atoms with van der Waals surface area (Å²) in [6.45, 7) is 1.84. The Balaban J connectivity index is 0.000000200. The number of aryl methyl sites for hydroxylation is 1. The van der Waals surface area contributed by atoms with Gasteiger partial charge in [0.1, 0.15) is 5.82 Å². The minimum Gasteiger partial charge on any atom is -0.399 e. The van der Waals surface area contributed by atoms with Gasteiger partial charge < -0.3 is 5.73 Å². The molecular weight excluding hydrogens is 269 g/mol. The third-order valence-corrected chi connectivity index (χ3v) is 3.06. The van der Waals surface area contributed by atoms with E-state index >= 15 is 0 Å². The third-order valence-electron chi connectivity index (χ3n) is 2.19. The van der Waals surface area contributed by atoms with Gasteiger partial charge in [-0.3, -0.25) is 4.55 Å². The summed E-state index contributed by atoms with van der Waals surface area (Å²) in [6, 6.07) is 11.7. The standard InChI is InChI=1S/C7H8O3S.C6H6FN/c1-6-2-4-7(5-3-6)11(8,9)10;7-5-1-3-6(8)4-2-5/h2-5H,1H3,(H,8,9,10);1-4H,8H2. The zero-order chi connectivity index (χ0) is 14.5. The van der Waals surface area contributed by atoms with Crippen LogP contribution in [0.5, 0.6) is 0 Å². The molecule has 0 fully saturated rings. The van der Waals surface area contributed by atoms with E-state index in [1.54, 1.807) is 12.1 Å². The van der Waals surface area contributed by atoms with E-state index in [4.69, 9.17) is 10.3 Å². The molecule has 6 heteroatoms. The lowest BCUT2D eigenvalue weighted by atomic mass is 10.2. The van der Waals surface area contributed by atoms with Crippen LogP contribution in [0.3, 0.4) is 0 Å². The summed E-state index contributed by atoms with van der Waals surface area (Å²) >= 11 is 0. The molecular formula is C13H14FNO3S. The van der Waals surface area contributed by atoms with Crippen molar-refractivity contribution in [3.63, 3.8) is 0 Å². The molecule has 0 atom stereocenters. The smallest absolute Gasteiger partial charge is 0.294 e. The van der Waals surface area contributed by atoms with E-state index in [1.807, 2.05) is 6.92 Å². The Morgan fingerprint density at radius 2 is 1.47 bits per heavy atom. The summed E-state index contributed by atoms with van der Waals surface area (Å²) in [4.78, 5) is -0.0666. The lowest BCUT2D eigenvalue weighted by Gasteiger charge is -1.95. The van der Waals surface area contributed by atoms with Crippen molar-refractivity contribution in [3.05, 3.63) is 59.9 Å². The summed E-state index contributed by atoms with van der Waals surface area (Å²) in [6.07, 6.45) is 0. The molecule has 0 aliphatic rings. The number of halogens is 1. The van der Waals surface area contributed by atoms with Crippen molar-refractivity contribution in [1.29, 1.82) is 0 Å². The Morgan fingerprint density at radius 3 is 1.84 bits per heavy atom. The van der Waals surface area contributed by atoms with Crippen LogP contribution in [0.1, 0.15) is 5.56 Å². The first kappa shape index (κ1) is 15.1. The zero-order valence-corrected chi connectivity index (χ0v) is 11.1. The molecule has 0 aliphatic carbocycles. The van der Waals surface area contributed by atoms with Gasteiger partial charge in [-0.15, -0.1) is 0 Å². The maximum absolute atomic E-state index is 12.0. The average molecular weight is 283 g/mol. The average Bonchev–Trinajstić information content (AvgIpc) is 2.33. The van der Waals surface area contributed by atoms with Crippen LogP contribution in [0.4, 0.5) is 10.1 Å². The predicted octanol–water partition coefficient (Wildman–Crippen LogP) is 2.65. The van der Waals surface area contributed by atoms with Crippen molar-refractivity contribution in [2.75, 3.05) is 5.73 Å². The van der Waals surface area contributed by atoms with E-state index in [-0.39, 0.29) is 10.7 Å². The lowest BCUT2D eigenvalue weighted by Crippen LogP contribution is -1.96. The number of hydrogen-bond acceptors (Lipinski definition) is 3. The summed E-state index contributed by atoms with van der Waals surface area (Å²) < 4.78 is 41.6. The molecule has 0 spiro atoms. The third kappa shape index (κ3) is 5.50. The van der Waals surface area contributed by atoms with Gasteiger partial charge in [0, 0.05) is 5.69 Å². The highest BCUT2D eigenvalue weighted by Gasteiger charge is 2.06. The van der Waals surface area contributed by atoms with Crippen molar-refractivity contribution in [2.45, 2.75) is 11.8 Å². The van der Waals surface area contributed by atoms with Gasteiger partial charge in [0.15, 0.2) is 0 Å². The molecule has 102 valence electrons. The molecule has 0 aliphatic heterocycles. The predicted molar refractivity (Wildman–Crippen MR) is 71.8 cm³/mol. The second kappa shape index (κ2) is 6.31. The Labute approximate surface area is 111 Å². The maximum atomic E-state index is 12.0. The molecule has 0 aromatic heterocycles. The molecule has 3 N–H and O–H groups in total.